The van der Waals surface area contributed by atoms with Gasteiger partial charge < -0.3 is 10.2 Å². The van der Waals surface area contributed by atoms with Gasteiger partial charge in [0.2, 0.25) is 11.8 Å². The molecule has 1 N–H and O–H groups in total. The van der Waals surface area contributed by atoms with Crippen molar-refractivity contribution in [2.45, 2.75) is 26.7 Å². The fourth-order valence-corrected chi connectivity index (χ4v) is 2.66. The van der Waals surface area contributed by atoms with Gasteiger partial charge in [-0.05, 0) is 41.8 Å². The molecule has 2 amide bonds. The van der Waals surface area contributed by atoms with Crippen LogP contribution in [0.25, 0.3) is 0 Å². The van der Waals surface area contributed by atoms with Crippen molar-refractivity contribution in [3.63, 3.8) is 0 Å². The summed E-state index contributed by atoms with van der Waals surface area (Å²) in [6.07, 6.45) is 1.25. The molecule has 0 heterocycles. The molecule has 0 aliphatic carbocycles. The first-order chi connectivity index (χ1) is 12.0. The highest BCUT2D eigenvalue weighted by atomic mass is 35.5. The summed E-state index contributed by atoms with van der Waals surface area (Å²) in [7, 11) is 0. The maximum Gasteiger partial charge on any atom is 0.224 e. The van der Waals surface area contributed by atoms with Crippen LogP contribution in [0, 0.1) is 0 Å². The number of hydrogen-bond donors (Lipinski definition) is 1. The Bertz CT molecular complexity index is 711. The van der Waals surface area contributed by atoms with E-state index in [4.69, 9.17) is 11.6 Å². The van der Waals surface area contributed by atoms with E-state index < -0.39 is 0 Å². The van der Waals surface area contributed by atoms with Crippen molar-refractivity contribution < 1.29 is 9.59 Å². The summed E-state index contributed by atoms with van der Waals surface area (Å²) in [6, 6.07) is 15.1. The third-order valence-electron chi connectivity index (χ3n) is 3.97. The van der Waals surface area contributed by atoms with E-state index in [0.29, 0.717) is 24.5 Å². The van der Waals surface area contributed by atoms with Crippen LogP contribution >= 0.6 is 11.6 Å². The topological polar surface area (TPSA) is 49.4 Å². The number of nitrogens with one attached hydrogen (secondary N) is 1. The molecule has 0 fully saturated rings. The normalized spacial score (nSPS) is 10.4. The molecule has 2 rings (SSSR count). The minimum Gasteiger partial charge on any atom is -0.354 e. The molecule has 0 bridgehead atoms. The average molecular weight is 359 g/mol. The Labute approximate surface area is 153 Å². The SMILES string of the molecule is CCc1ccc(N(CCNC(=O)Cc2ccc(Cl)cc2)C(C)=O)cc1. The van der Waals surface area contributed by atoms with Gasteiger partial charge in [0, 0.05) is 30.7 Å². The lowest BCUT2D eigenvalue weighted by molar-refractivity contribution is -0.121. The van der Waals surface area contributed by atoms with Gasteiger partial charge in [-0.2, -0.15) is 0 Å². The van der Waals surface area contributed by atoms with Crippen LogP contribution in [0.1, 0.15) is 25.0 Å². The van der Waals surface area contributed by atoms with Gasteiger partial charge in [0.15, 0.2) is 0 Å². The molecular weight excluding hydrogens is 336 g/mol. The summed E-state index contributed by atoms with van der Waals surface area (Å²) < 4.78 is 0. The fourth-order valence-electron chi connectivity index (χ4n) is 2.54. The predicted molar refractivity (Wildman–Crippen MR) is 102 cm³/mol. The summed E-state index contributed by atoms with van der Waals surface area (Å²) in [5.74, 6) is -0.122. The number of aryl methyl sites for hydroxylation is 1. The summed E-state index contributed by atoms with van der Waals surface area (Å²) in [6.45, 7) is 4.46. The average Bonchev–Trinajstić information content (AvgIpc) is 2.60. The molecular formula is C20H23ClN2O2. The summed E-state index contributed by atoms with van der Waals surface area (Å²) >= 11 is 5.84. The Hall–Kier alpha value is -2.33. The molecule has 0 saturated carbocycles. The van der Waals surface area contributed by atoms with Crippen LogP contribution in [0.4, 0.5) is 5.69 Å². The van der Waals surface area contributed by atoms with Crippen LogP contribution in [0.3, 0.4) is 0 Å². The van der Waals surface area contributed by atoms with E-state index in [-0.39, 0.29) is 11.8 Å². The van der Waals surface area contributed by atoms with E-state index >= 15 is 0 Å². The highest BCUT2D eigenvalue weighted by molar-refractivity contribution is 6.30. The van der Waals surface area contributed by atoms with E-state index in [1.165, 1.54) is 12.5 Å². The van der Waals surface area contributed by atoms with Gasteiger partial charge in [0.05, 0.1) is 6.42 Å². The molecule has 0 atom stereocenters. The number of hydrogen-bond acceptors (Lipinski definition) is 2. The molecule has 0 aliphatic rings. The van der Waals surface area contributed by atoms with Crippen LogP contribution < -0.4 is 10.2 Å². The fraction of sp³-hybridized carbons (Fsp3) is 0.300. The third kappa shape index (κ3) is 5.91. The summed E-state index contributed by atoms with van der Waals surface area (Å²) in [5, 5.41) is 3.51. The molecule has 0 saturated heterocycles. The van der Waals surface area contributed by atoms with Crippen molar-refractivity contribution in [3.05, 3.63) is 64.7 Å². The number of carbonyl (C=O) groups excluding carboxylic acids is 2. The first-order valence-corrected chi connectivity index (χ1v) is 8.75. The minimum atomic E-state index is -0.0767. The van der Waals surface area contributed by atoms with Gasteiger partial charge in [-0.15, -0.1) is 0 Å². The third-order valence-corrected chi connectivity index (χ3v) is 4.22. The second-order valence-corrected chi connectivity index (χ2v) is 6.28. The number of amides is 2. The highest BCUT2D eigenvalue weighted by Gasteiger charge is 2.12. The number of benzene rings is 2. The Balaban J connectivity index is 1.87. The first-order valence-electron chi connectivity index (χ1n) is 8.37. The number of halogens is 1. The lowest BCUT2D eigenvalue weighted by atomic mass is 10.1. The van der Waals surface area contributed by atoms with Crippen molar-refractivity contribution in [2.75, 3.05) is 18.0 Å². The van der Waals surface area contributed by atoms with Crippen LogP contribution in [0.5, 0.6) is 0 Å². The van der Waals surface area contributed by atoms with Crippen molar-refractivity contribution in [1.29, 1.82) is 0 Å². The Morgan fingerprint density at radius 1 is 1.00 bits per heavy atom. The Morgan fingerprint density at radius 3 is 2.16 bits per heavy atom. The molecule has 4 nitrogen and oxygen atoms in total. The zero-order chi connectivity index (χ0) is 18.2. The zero-order valence-corrected chi connectivity index (χ0v) is 15.3. The highest BCUT2D eigenvalue weighted by Crippen LogP contribution is 2.15. The standard InChI is InChI=1S/C20H23ClN2O2/c1-3-16-6-10-19(11-7-16)23(15(2)24)13-12-22-20(25)14-17-4-8-18(21)9-5-17/h4-11H,3,12-14H2,1-2H3,(H,22,25). The Kier molecular flexibility index (Phi) is 7.02. The number of nitrogens with zero attached hydrogens (tertiary/aromatic N) is 1. The molecule has 0 spiro atoms. The monoisotopic (exact) mass is 358 g/mol. The Morgan fingerprint density at radius 2 is 1.60 bits per heavy atom. The van der Waals surface area contributed by atoms with Gasteiger partial charge in [-0.25, -0.2) is 0 Å². The number of rotatable bonds is 7. The van der Waals surface area contributed by atoms with Crippen molar-refractivity contribution in [1.82, 2.24) is 5.32 Å². The first kappa shape index (κ1) is 19.0. The van der Waals surface area contributed by atoms with Gasteiger partial charge in [-0.3, -0.25) is 9.59 Å². The number of anilines is 1. The van der Waals surface area contributed by atoms with Crippen LogP contribution in [-0.4, -0.2) is 24.9 Å². The molecule has 132 valence electrons. The van der Waals surface area contributed by atoms with E-state index in [1.54, 1.807) is 17.0 Å². The van der Waals surface area contributed by atoms with E-state index in [1.807, 2.05) is 36.4 Å². The molecule has 25 heavy (non-hydrogen) atoms. The molecule has 2 aromatic carbocycles. The molecule has 5 heteroatoms. The smallest absolute Gasteiger partial charge is 0.224 e. The van der Waals surface area contributed by atoms with Gasteiger partial charge in [0.1, 0.15) is 0 Å². The largest absolute Gasteiger partial charge is 0.354 e. The van der Waals surface area contributed by atoms with Crippen molar-refractivity contribution >= 4 is 29.1 Å². The van der Waals surface area contributed by atoms with Gasteiger partial charge in [0.25, 0.3) is 0 Å². The molecule has 2 aromatic rings. The maximum absolute atomic E-state index is 12.0. The lowest BCUT2D eigenvalue weighted by Gasteiger charge is -2.21. The van der Waals surface area contributed by atoms with Crippen LogP contribution in [0.15, 0.2) is 48.5 Å². The molecule has 0 aliphatic heterocycles. The maximum atomic E-state index is 12.0. The van der Waals surface area contributed by atoms with E-state index in [9.17, 15) is 9.59 Å². The van der Waals surface area contributed by atoms with Crippen molar-refractivity contribution in [2.24, 2.45) is 0 Å². The molecule has 0 radical (unpaired) electrons. The second-order valence-electron chi connectivity index (χ2n) is 5.84. The second kappa shape index (κ2) is 9.23. The zero-order valence-electron chi connectivity index (χ0n) is 14.6. The minimum absolute atomic E-state index is 0.0452. The molecule has 0 aromatic heterocycles. The molecule has 0 unspecified atom stereocenters. The van der Waals surface area contributed by atoms with Crippen LogP contribution in [0.2, 0.25) is 5.02 Å². The van der Waals surface area contributed by atoms with Gasteiger partial charge in [-0.1, -0.05) is 42.8 Å². The van der Waals surface area contributed by atoms with Gasteiger partial charge >= 0.3 is 0 Å². The lowest BCUT2D eigenvalue weighted by Crippen LogP contribution is -2.38. The van der Waals surface area contributed by atoms with Crippen molar-refractivity contribution in [3.8, 4) is 0 Å². The number of carbonyl (C=O) groups is 2. The summed E-state index contributed by atoms with van der Waals surface area (Å²) in [5.41, 5.74) is 2.97. The van der Waals surface area contributed by atoms with Crippen LogP contribution in [-0.2, 0) is 22.4 Å². The summed E-state index contributed by atoms with van der Waals surface area (Å²) in [4.78, 5) is 25.6. The predicted octanol–water partition coefficient (Wildman–Crippen LogP) is 3.61. The van der Waals surface area contributed by atoms with E-state index in [2.05, 4.69) is 12.2 Å². The van der Waals surface area contributed by atoms with E-state index in [0.717, 1.165) is 17.7 Å². The quantitative estimate of drug-likeness (QED) is 0.821.